The molecule has 0 saturated carbocycles. The second kappa shape index (κ2) is 5.67. The summed E-state index contributed by atoms with van der Waals surface area (Å²) in [5.74, 6) is -0.118. The molecule has 1 N–H and O–H groups in total. The van der Waals surface area contributed by atoms with Gasteiger partial charge < -0.3 is 14.6 Å². The molecule has 20 heavy (non-hydrogen) atoms. The number of rotatable bonds is 4. The summed E-state index contributed by atoms with van der Waals surface area (Å²) in [4.78, 5) is 11.6. The van der Waals surface area contributed by atoms with Crippen LogP contribution in [-0.2, 0) is 29.0 Å². The first kappa shape index (κ1) is 13.2. The van der Waals surface area contributed by atoms with Crippen LogP contribution in [0.1, 0.15) is 24.6 Å². The average molecular weight is 272 g/mol. The number of ether oxygens (including phenoxy) is 1. The molecule has 0 spiro atoms. The topological polar surface area (TPSA) is 43.3 Å². The predicted molar refractivity (Wildman–Crippen MR) is 78.6 cm³/mol. The molecule has 1 aliphatic heterocycles. The molecule has 0 fully saturated rings. The third-order valence-electron chi connectivity index (χ3n) is 3.88. The van der Waals surface area contributed by atoms with Gasteiger partial charge in [-0.3, -0.25) is 4.79 Å². The third-order valence-corrected chi connectivity index (χ3v) is 3.88. The van der Waals surface area contributed by atoms with E-state index < -0.39 is 0 Å². The smallest absolute Gasteiger partial charge is 0.307 e. The lowest BCUT2D eigenvalue weighted by molar-refractivity contribution is -0.143. The molecule has 1 aromatic carbocycles. The van der Waals surface area contributed by atoms with Crippen LogP contribution in [0, 0.1) is 0 Å². The molecule has 106 valence electrons. The molecule has 0 saturated heterocycles. The molecule has 3 rings (SSSR count). The predicted octanol–water partition coefficient (Wildman–Crippen LogP) is 2.24. The highest BCUT2D eigenvalue weighted by Gasteiger charge is 2.19. The number of fused-ring (bicyclic) bond motifs is 3. The molecule has 2 aromatic rings. The second-order valence-electron chi connectivity index (χ2n) is 5.08. The number of nitrogens with one attached hydrogen (secondary N) is 1. The van der Waals surface area contributed by atoms with Crippen molar-refractivity contribution in [3.63, 3.8) is 0 Å². The minimum Gasteiger partial charge on any atom is -0.466 e. The van der Waals surface area contributed by atoms with Crippen LogP contribution >= 0.6 is 0 Å². The van der Waals surface area contributed by atoms with E-state index in [0.29, 0.717) is 19.6 Å². The van der Waals surface area contributed by atoms with Crippen molar-refractivity contribution in [2.75, 3.05) is 13.2 Å². The zero-order chi connectivity index (χ0) is 13.9. The summed E-state index contributed by atoms with van der Waals surface area (Å²) in [6.07, 6.45) is 1.46. The van der Waals surface area contributed by atoms with Gasteiger partial charge in [-0.15, -0.1) is 0 Å². The highest BCUT2D eigenvalue weighted by molar-refractivity contribution is 5.86. The van der Waals surface area contributed by atoms with Crippen molar-refractivity contribution in [3.05, 3.63) is 35.5 Å². The molecule has 0 bridgehead atoms. The fourth-order valence-electron chi connectivity index (χ4n) is 3.02. The van der Waals surface area contributed by atoms with E-state index in [9.17, 15) is 4.79 Å². The Hall–Kier alpha value is -1.81. The summed E-state index contributed by atoms with van der Waals surface area (Å²) in [6, 6.07) is 8.44. The molecular weight excluding hydrogens is 252 g/mol. The standard InChI is InChI=1S/C16H20N2O2/c1-2-20-16(19)8-10-18-14-6-4-3-5-12(14)13-11-17-9-7-15(13)18/h3-6,17H,2,7-11H2,1H3. The zero-order valence-corrected chi connectivity index (χ0v) is 11.8. The van der Waals surface area contributed by atoms with Gasteiger partial charge >= 0.3 is 5.97 Å². The van der Waals surface area contributed by atoms with Gasteiger partial charge in [-0.25, -0.2) is 0 Å². The summed E-state index contributed by atoms with van der Waals surface area (Å²) in [6.45, 7) is 4.92. The quantitative estimate of drug-likeness (QED) is 0.868. The van der Waals surface area contributed by atoms with Crippen LogP contribution in [0.15, 0.2) is 24.3 Å². The fraction of sp³-hybridized carbons (Fsp3) is 0.438. The number of esters is 1. The van der Waals surface area contributed by atoms with Gasteiger partial charge in [0.05, 0.1) is 13.0 Å². The Labute approximate surface area is 118 Å². The lowest BCUT2D eigenvalue weighted by Gasteiger charge is -2.17. The Bertz CT molecular complexity index is 631. The van der Waals surface area contributed by atoms with Crippen molar-refractivity contribution in [1.82, 2.24) is 9.88 Å². The molecule has 0 amide bonds. The highest BCUT2D eigenvalue weighted by Crippen LogP contribution is 2.28. The minimum atomic E-state index is -0.118. The van der Waals surface area contributed by atoms with Crippen LogP contribution in [0.3, 0.4) is 0 Å². The number of para-hydroxylation sites is 1. The normalized spacial score (nSPS) is 14.2. The maximum absolute atomic E-state index is 11.6. The van der Waals surface area contributed by atoms with Crippen molar-refractivity contribution < 1.29 is 9.53 Å². The summed E-state index contributed by atoms with van der Waals surface area (Å²) >= 11 is 0. The number of aromatic nitrogens is 1. The van der Waals surface area contributed by atoms with Gasteiger partial charge in [-0.1, -0.05) is 18.2 Å². The largest absolute Gasteiger partial charge is 0.466 e. The van der Waals surface area contributed by atoms with Crippen LogP contribution in [0.2, 0.25) is 0 Å². The first-order chi connectivity index (χ1) is 9.81. The SMILES string of the molecule is CCOC(=O)CCn1c2c(c3ccccc31)CNCC2. The lowest BCUT2D eigenvalue weighted by Crippen LogP contribution is -2.25. The van der Waals surface area contributed by atoms with Gasteiger partial charge in [0.1, 0.15) is 0 Å². The Kier molecular flexibility index (Phi) is 3.74. The van der Waals surface area contributed by atoms with Gasteiger partial charge in [0.15, 0.2) is 0 Å². The number of hydrogen-bond acceptors (Lipinski definition) is 3. The van der Waals surface area contributed by atoms with Crippen molar-refractivity contribution in [3.8, 4) is 0 Å². The minimum absolute atomic E-state index is 0.118. The second-order valence-corrected chi connectivity index (χ2v) is 5.08. The molecule has 4 heteroatoms. The van der Waals surface area contributed by atoms with Gasteiger partial charge in [0, 0.05) is 42.7 Å². The van der Waals surface area contributed by atoms with E-state index >= 15 is 0 Å². The maximum atomic E-state index is 11.6. The van der Waals surface area contributed by atoms with E-state index in [2.05, 4.69) is 34.1 Å². The van der Waals surface area contributed by atoms with Crippen molar-refractivity contribution >= 4 is 16.9 Å². The van der Waals surface area contributed by atoms with E-state index in [4.69, 9.17) is 4.74 Å². The van der Waals surface area contributed by atoms with Crippen molar-refractivity contribution in [2.24, 2.45) is 0 Å². The van der Waals surface area contributed by atoms with Crippen LogP contribution in [-0.4, -0.2) is 23.7 Å². The lowest BCUT2D eigenvalue weighted by atomic mass is 10.1. The molecule has 0 radical (unpaired) electrons. The Morgan fingerprint density at radius 3 is 3.10 bits per heavy atom. The van der Waals surface area contributed by atoms with Gasteiger partial charge in [0.2, 0.25) is 0 Å². The van der Waals surface area contributed by atoms with E-state index in [-0.39, 0.29) is 5.97 Å². The molecular formula is C16H20N2O2. The van der Waals surface area contributed by atoms with Crippen LogP contribution in [0.25, 0.3) is 10.9 Å². The molecule has 1 aromatic heterocycles. The summed E-state index contributed by atoms with van der Waals surface area (Å²) in [5.41, 5.74) is 3.98. The fourth-order valence-corrected chi connectivity index (χ4v) is 3.02. The third kappa shape index (κ3) is 2.31. The van der Waals surface area contributed by atoms with Crippen LogP contribution < -0.4 is 5.32 Å². The van der Waals surface area contributed by atoms with E-state index in [1.165, 1.54) is 22.2 Å². The molecule has 0 atom stereocenters. The Morgan fingerprint density at radius 2 is 2.25 bits per heavy atom. The zero-order valence-electron chi connectivity index (χ0n) is 11.8. The maximum Gasteiger partial charge on any atom is 0.307 e. The first-order valence-corrected chi connectivity index (χ1v) is 7.26. The van der Waals surface area contributed by atoms with Gasteiger partial charge in [-0.05, 0) is 18.6 Å². The highest BCUT2D eigenvalue weighted by atomic mass is 16.5. The number of nitrogens with zero attached hydrogens (tertiary/aromatic N) is 1. The van der Waals surface area contributed by atoms with Crippen LogP contribution in [0.4, 0.5) is 0 Å². The van der Waals surface area contributed by atoms with Gasteiger partial charge in [0.25, 0.3) is 0 Å². The van der Waals surface area contributed by atoms with Crippen molar-refractivity contribution in [2.45, 2.75) is 32.9 Å². The number of benzene rings is 1. The first-order valence-electron chi connectivity index (χ1n) is 7.26. The number of hydrogen-bond donors (Lipinski definition) is 1. The molecule has 0 unspecified atom stereocenters. The summed E-state index contributed by atoms with van der Waals surface area (Å²) in [7, 11) is 0. The average Bonchev–Trinajstić information content (AvgIpc) is 2.80. The number of carbonyl (C=O) groups excluding carboxylic acids is 1. The van der Waals surface area contributed by atoms with E-state index in [1.54, 1.807) is 0 Å². The molecule has 1 aliphatic rings. The number of carbonyl (C=O) groups is 1. The summed E-state index contributed by atoms with van der Waals surface area (Å²) < 4.78 is 7.33. The van der Waals surface area contributed by atoms with Crippen LogP contribution in [0.5, 0.6) is 0 Å². The monoisotopic (exact) mass is 272 g/mol. The van der Waals surface area contributed by atoms with Gasteiger partial charge in [-0.2, -0.15) is 0 Å². The Morgan fingerprint density at radius 1 is 1.40 bits per heavy atom. The Balaban J connectivity index is 1.95. The molecule has 0 aliphatic carbocycles. The molecule has 4 nitrogen and oxygen atoms in total. The number of aryl methyl sites for hydroxylation is 1. The van der Waals surface area contributed by atoms with Crippen molar-refractivity contribution in [1.29, 1.82) is 0 Å². The van der Waals surface area contributed by atoms with E-state index in [0.717, 1.165) is 19.5 Å². The summed E-state index contributed by atoms with van der Waals surface area (Å²) in [5, 5.41) is 4.73. The van der Waals surface area contributed by atoms with E-state index in [1.807, 2.05) is 6.92 Å². The molecule has 2 heterocycles.